The normalized spacial score (nSPS) is 16.1. The highest BCUT2D eigenvalue weighted by molar-refractivity contribution is 6.31. The van der Waals surface area contributed by atoms with E-state index < -0.39 is 24.0 Å². The smallest absolute Gasteiger partial charge is 0.324 e. The summed E-state index contributed by atoms with van der Waals surface area (Å²) in [5.74, 6) is -2.20. The average molecular weight is 929 g/mol. The van der Waals surface area contributed by atoms with Crippen LogP contribution in [0.5, 0.6) is 0 Å². The number of urea groups is 2. The molecule has 5 heterocycles. The molecule has 64 heavy (non-hydrogen) atoms. The van der Waals surface area contributed by atoms with Gasteiger partial charge in [0.2, 0.25) is 5.89 Å². The number of likely N-dealkylation sites (tertiary alicyclic amines) is 2. The zero-order valence-electron chi connectivity index (χ0n) is 35.5. The van der Waals surface area contributed by atoms with Gasteiger partial charge in [0, 0.05) is 67.6 Å². The second-order valence-corrected chi connectivity index (χ2v) is 16.4. The number of halogens is 6. The van der Waals surface area contributed by atoms with Gasteiger partial charge in [0.25, 0.3) is 5.89 Å². The predicted octanol–water partition coefficient (Wildman–Crippen LogP) is 7.40. The number of Topliss-reactive ketones (excluding diaryl/α,β-unsaturated/α-hetero) is 1. The van der Waals surface area contributed by atoms with Crippen LogP contribution in [0.1, 0.15) is 46.9 Å². The predicted molar refractivity (Wildman–Crippen MR) is 233 cm³/mol. The summed E-state index contributed by atoms with van der Waals surface area (Å²) in [6.45, 7) is 2.52. The van der Waals surface area contributed by atoms with Gasteiger partial charge in [-0.25, -0.2) is 18.4 Å². The number of hydrogen-bond donors (Lipinski definition) is 1. The third-order valence-corrected chi connectivity index (χ3v) is 11.5. The third-order valence-electron chi connectivity index (χ3n) is 10.9. The Morgan fingerprint density at radius 1 is 0.750 bits per heavy atom. The Hall–Kier alpha value is -5.73. The van der Waals surface area contributed by atoms with Crippen molar-refractivity contribution < 1.29 is 36.4 Å². The molecule has 3 aromatic heterocycles. The SMILES string of the molecule is CN(C)[C@@H]1CCN(C(=O)N(Cc2ccc(-c3nnc(C(F)F)o3)cn2)c2ccc(F)c(Cl)c2)C1.CN(C)[C@@H]1CCN(C(=O)N(Cc2ccc(C(=O)CN)cn2)c2ccc(F)c(Cl)c2)C1. The van der Waals surface area contributed by atoms with Crippen LogP contribution in [0, 0.1) is 11.6 Å². The standard InChI is InChI=1S/C22H22ClF3N6O2.C21H25ClFN5O2/c1-30(2)16-7-8-31(12-16)22(33)32(15-5-6-18(24)17(23)9-15)11-14-4-3-13(10-27-14)20-28-29-21(34-20)19(25)26;1-26(2)17-7-8-27(13-17)21(30)28(16-5-6-19(23)18(22)9-16)12-15-4-3-14(11-25-15)20(29)10-24/h3-6,9-10,16,19H,7-8,11-12H2,1-2H3;3-6,9,11,17H,7-8,10,12-13,24H2,1-2H3/t16-;17-/m11/s1. The van der Waals surface area contributed by atoms with Gasteiger partial charge in [-0.05, 0) is 102 Å². The summed E-state index contributed by atoms with van der Waals surface area (Å²) in [5.41, 5.74) is 8.15. The van der Waals surface area contributed by atoms with Gasteiger partial charge in [-0.1, -0.05) is 23.2 Å². The van der Waals surface area contributed by atoms with Gasteiger partial charge in [-0.2, -0.15) is 8.78 Å². The van der Waals surface area contributed by atoms with Crippen LogP contribution in [0.25, 0.3) is 11.5 Å². The number of pyridine rings is 2. The number of amides is 4. The van der Waals surface area contributed by atoms with Crippen LogP contribution >= 0.6 is 23.2 Å². The number of aromatic nitrogens is 4. The highest BCUT2D eigenvalue weighted by Gasteiger charge is 2.33. The minimum absolute atomic E-state index is 0.0604. The third kappa shape index (κ3) is 11.7. The van der Waals surface area contributed by atoms with Gasteiger partial charge in [0.05, 0.1) is 46.6 Å². The van der Waals surface area contributed by atoms with Gasteiger partial charge < -0.3 is 29.8 Å². The summed E-state index contributed by atoms with van der Waals surface area (Å²) in [5, 5.41) is 6.75. The molecule has 2 aromatic carbocycles. The lowest BCUT2D eigenvalue weighted by Crippen LogP contribution is -2.43. The number of nitrogens with two attached hydrogens (primary N) is 1. The van der Waals surface area contributed by atoms with E-state index in [1.54, 1.807) is 34.1 Å². The summed E-state index contributed by atoms with van der Waals surface area (Å²) in [6, 6.07) is 14.9. The largest absolute Gasteiger partial charge is 0.415 e. The van der Waals surface area contributed by atoms with E-state index in [2.05, 4.69) is 30.0 Å². The van der Waals surface area contributed by atoms with E-state index >= 15 is 0 Å². The molecule has 2 atom stereocenters. The number of ketones is 1. The molecule has 2 aliphatic rings. The van der Waals surface area contributed by atoms with Crippen LogP contribution in [0.2, 0.25) is 10.0 Å². The maximum Gasteiger partial charge on any atom is 0.324 e. The van der Waals surface area contributed by atoms with Crippen molar-refractivity contribution in [3.05, 3.63) is 118 Å². The number of anilines is 2. The molecule has 15 nitrogen and oxygen atoms in total. The number of rotatable bonds is 12. The number of nitrogens with zero attached hydrogens (tertiary/aromatic N) is 10. The molecule has 7 rings (SSSR count). The van der Waals surface area contributed by atoms with Crippen LogP contribution in [0.4, 0.5) is 38.5 Å². The number of likely N-dealkylation sites (N-methyl/N-ethyl adjacent to an activating group) is 2. The van der Waals surface area contributed by atoms with Crippen molar-refractivity contribution >= 4 is 52.4 Å². The number of carbonyl (C=O) groups excluding carboxylic acids is 3. The first-order valence-electron chi connectivity index (χ1n) is 20.1. The van der Waals surface area contributed by atoms with Crippen molar-refractivity contribution in [3.8, 4) is 11.5 Å². The molecular formula is C43H47Cl2F4N11O4. The van der Waals surface area contributed by atoms with E-state index in [4.69, 9.17) is 33.4 Å². The molecule has 0 spiro atoms. The quantitative estimate of drug-likeness (QED) is 0.0981. The van der Waals surface area contributed by atoms with Gasteiger partial charge in [-0.15, -0.1) is 10.2 Å². The number of carbonyl (C=O) groups is 3. The number of alkyl halides is 2. The monoisotopic (exact) mass is 927 g/mol. The maximum atomic E-state index is 13.8. The lowest BCUT2D eigenvalue weighted by atomic mass is 10.1. The Morgan fingerprint density at radius 2 is 1.25 bits per heavy atom. The van der Waals surface area contributed by atoms with E-state index in [9.17, 15) is 31.9 Å². The Bertz CT molecular complexity index is 2410. The summed E-state index contributed by atoms with van der Waals surface area (Å²) < 4.78 is 57.8. The lowest BCUT2D eigenvalue weighted by Gasteiger charge is -2.29. The molecule has 21 heteroatoms. The summed E-state index contributed by atoms with van der Waals surface area (Å²) >= 11 is 11.9. The second kappa shape index (κ2) is 21.3. The Morgan fingerprint density at radius 3 is 1.62 bits per heavy atom. The zero-order valence-corrected chi connectivity index (χ0v) is 37.0. The maximum absolute atomic E-state index is 13.8. The van der Waals surface area contributed by atoms with Crippen LogP contribution in [-0.4, -0.2) is 131 Å². The van der Waals surface area contributed by atoms with E-state index in [1.165, 1.54) is 58.6 Å². The molecule has 0 saturated carbocycles. The highest BCUT2D eigenvalue weighted by Crippen LogP contribution is 2.29. The first kappa shape index (κ1) is 47.7. The van der Waals surface area contributed by atoms with Crippen molar-refractivity contribution in [1.82, 2.24) is 39.8 Å². The van der Waals surface area contributed by atoms with Crippen molar-refractivity contribution in [2.45, 2.75) is 44.4 Å². The Kier molecular flexibility index (Phi) is 15.9. The summed E-state index contributed by atoms with van der Waals surface area (Å²) in [4.78, 5) is 57.8. The fraction of sp³-hybridized carbons (Fsp3) is 0.372. The lowest BCUT2D eigenvalue weighted by molar-refractivity contribution is 0.100. The Balaban J connectivity index is 0.000000214. The minimum Gasteiger partial charge on any atom is -0.415 e. The van der Waals surface area contributed by atoms with E-state index in [0.717, 1.165) is 12.8 Å². The molecule has 0 radical (unpaired) electrons. The van der Waals surface area contributed by atoms with Crippen LogP contribution in [-0.2, 0) is 13.1 Å². The molecule has 5 aromatic rings. The summed E-state index contributed by atoms with van der Waals surface area (Å²) in [6.07, 6.45) is 1.70. The molecule has 0 unspecified atom stereocenters. The van der Waals surface area contributed by atoms with E-state index in [0.29, 0.717) is 60.1 Å². The number of benzene rings is 2. The molecule has 2 fully saturated rings. The fourth-order valence-electron chi connectivity index (χ4n) is 7.07. The molecule has 340 valence electrons. The van der Waals surface area contributed by atoms with Crippen LogP contribution < -0.4 is 15.5 Å². The topological polar surface area (TPSA) is 161 Å². The van der Waals surface area contributed by atoms with Crippen molar-refractivity contribution in [2.24, 2.45) is 5.73 Å². The minimum atomic E-state index is -2.87. The highest BCUT2D eigenvalue weighted by atomic mass is 35.5. The van der Waals surface area contributed by atoms with Crippen LogP contribution in [0.15, 0.2) is 77.5 Å². The molecule has 2 N–H and O–H groups in total. The van der Waals surface area contributed by atoms with Crippen molar-refractivity contribution in [2.75, 3.05) is 70.7 Å². The zero-order chi connectivity index (χ0) is 46.2. The first-order chi connectivity index (χ1) is 30.5. The van der Waals surface area contributed by atoms with Gasteiger partial charge in [-0.3, -0.25) is 24.6 Å². The average Bonchev–Trinajstić information content (AvgIpc) is 4.10. The van der Waals surface area contributed by atoms with Crippen LogP contribution in [0.3, 0.4) is 0 Å². The molecular weight excluding hydrogens is 881 g/mol. The van der Waals surface area contributed by atoms with E-state index in [-0.39, 0.29) is 65.5 Å². The fourth-order valence-corrected chi connectivity index (χ4v) is 7.42. The molecule has 0 bridgehead atoms. The molecule has 2 saturated heterocycles. The number of hydrogen-bond acceptors (Lipinski definition) is 11. The molecule has 0 aliphatic carbocycles. The first-order valence-corrected chi connectivity index (χ1v) is 20.9. The van der Waals surface area contributed by atoms with Gasteiger partial charge >= 0.3 is 18.5 Å². The van der Waals surface area contributed by atoms with Crippen molar-refractivity contribution in [3.63, 3.8) is 0 Å². The summed E-state index contributed by atoms with van der Waals surface area (Å²) in [7, 11) is 7.92. The van der Waals surface area contributed by atoms with Crippen molar-refractivity contribution in [1.29, 1.82) is 0 Å². The van der Waals surface area contributed by atoms with E-state index in [1.807, 2.05) is 28.2 Å². The second-order valence-electron chi connectivity index (χ2n) is 15.6. The molecule has 2 aliphatic heterocycles. The molecule has 4 amide bonds. The van der Waals surface area contributed by atoms with Gasteiger partial charge in [0.1, 0.15) is 11.6 Å². The Labute approximate surface area is 377 Å². The van der Waals surface area contributed by atoms with Gasteiger partial charge in [0.15, 0.2) is 5.78 Å².